The van der Waals surface area contributed by atoms with Crippen LogP contribution >= 0.6 is 11.6 Å². The van der Waals surface area contributed by atoms with Gasteiger partial charge in [-0.2, -0.15) is 5.26 Å². The zero-order valence-electron chi connectivity index (χ0n) is 13.9. The summed E-state index contributed by atoms with van der Waals surface area (Å²) in [4.78, 5) is 14.5. The number of rotatable bonds is 4. The van der Waals surface area contributed by atoms with E-state index in [4.69, 9.17) is 16.9 Å². The summed E-state index contributed by atoms with van der Waals surface area (Å²) in [5.74, 6) is -0.897. The molecule has 26 heavy (non-hydrogen) atoms. The van der Waals surface area contributed by atoms with Crippen LogP contribution in [0.3, 0.4) is 0 Å². The molecule has 0 bridgehead atoms. The number of nitrogens with zero attached hydrogens (tertiary/aromatic N) is 2. The van der Waals surface area contributed by atoms with Crippen LogP contribution in [0.15, 0.2) is 66.7 Å². The Hall–Kier alpha value is -3.16. The predicted molar refractivity (Wildman–Crippen MR) is 101 cm³/mol. The number of carbonyl (C=O) groups is 1. The highest BCUT2D eigenvalue weighted by Gasteiger charge is 2.13. The first-order valence-corrected chi connectivity index (χ1v) is 8.21. The number of halogens is 2. The quantitative estimate of drug-likeness (QED) is 0.586. The molecule has 0 aliphatic heterocycles. The third-order valence-corrected chi connectivity index (χ3v) is 4.33. The molecule has 0 spiro atoms. The number of carbonyl (C=O) groups excluding carboxylic acids is 1. The Bertz CT molecular complexity index is 992. The van der Waals surface area contributed by atoms with E-state index in [1.54, 1.807) is 18.2 Å². The third-order valence-electron chi connectivity index (χ3n) is 4.08. The van der Waals surface area contributed by atoms with Crippen molar-refractivity contribution in [3.8, 4) is 6.07 Å². The first kappa shape index (κ1) is 17.7. The SMILES string of the molecule is CN(c1ccc(Cl)cc1)c1ccc(C(=O)c2ccc(F)c(C#N)c2)cc1. The molecule has 3 aromatic carbocycles. The minimum atomic E-state index is -0.635. The molecule has 0 atom stereocenters. The van der Waals surface area contributed by atoms with Gasteiger partial charge in [0.05, 0.1) is 5.56 Å². The van der Waals surface area contributed by atoms with Crippen molar-refractivity contribution >= 4 is 28.8 Å². The van der Waals surface area contributed by atoms with E-state index in [1.165, 1.54) is 12.1 Å². The average molecular weight is 365 g/mol. The van der Waals surface area contributed by atoms with Gasteiger partial charge in [0, 0.05) is 34.6 Å². The van der Waals surface area contributed by atoms with Crippen molar-refractivity contribution in [2.24, 2.45) is 0 Å². The fraction of sp³-hybridized carbons (Fsp3) is 0.0476. The van der Waals surface area contributed by atoms with E-state index in [0.29, 0.717) is 10.6 Å². The number of nitriles is 1. The highest BCUT2D eigenvalue weighted by molar-refractivity contribution is 6.30. The van der Waals surface area contributed by atoms with Crippen LogP contribution in [0, 0.1) is 17.1 Å². The average Bonchev–Trinajstić information content (AvgIpc) is 2.68. The molecule has 5 heteroatoms. The van der Waals surface area contributed by atoms with E-state index in [1.807, 2.05) is 48.3 Å². The molecule has 0 aromatic heterocycles. The van der Waals surface area contributed by atoms with Gasteiger partial charge < -0.3 is 4.90 Å². The van der Waals surface area contributed by atoms with Gasteiger partial charge in [-0.25, -0.2) is 4.39 Å². The maximum atomic E-state index is 13.4. The Labute approximate surface area is 155 Å². The first-order valence-electron chi connectivity index (χ1n) is 7.83. The van der Waals surface area contributed by atoms with Crippen LogP contribution in [0.2, 0.25) is 5.02 Å². The van der Waals surface area contributed by atoms with Gasteiger partial charge in [-0.05, 0) is 66.7 Å². The zero-order valence-corrected chi connectivity index (χ0v) is 14.7. The molecule has 0 aliphatic rings. The summed E-state index contributed by atoms with van der Waals surface area (Å²) in [5.41, 5.74) is 2.47. The number of hydrogen-bond acceptors (Lipinski definition) is 3. The van der Waals surface area contributed by atoms with Gasteiger partial charge in [0.25, 0.3) is 0 Å². The van der Waals surface area contributed by atoms with Gasteiger partial charge in [0.15, 0.2) is 5.78 Å². The van der Waals surface area contributed by atoms with Crippen LogP contribution in [-0.4, -0.2) is 12.8 Å². The second kappa shape index (κ2) is 7.38. The number of benzene rings is 3. The Morgan fingerprint density at radius 1 is 0.962 bits per heavy atom. The summed E-state index contributed by atoms with van der Waals surface area (Å²) in [7, 11) is 1.92. The predicted octanol–water partition coefficient (Wildman–Crippen LogP) is 5.35. The second-order valence-electron chi connectivity index (χ2n) is 5.72. The number of ketones is 1. The monoisotopic (exact) mass is 364 g/mol. The molecule has 3 nitrogen and oxygen atoms in total. The first-order chi connectivity index (χ1) is 12.5. The smallest absolute Gasteiger partial charge is 0.193 e. The van der Waals surface area contributed by atoms with Crippen molar-refractivity contribution in [1.82, 2.24) is 0 Å². The summed E-state index contributed by atoms with van der Waals surface area (Å²) >= 11 is 5.91. The molecule has 0 saturated heterocycles. The second-order valence-corrected chi connectivity index (χ2v) is 6.15. The molecule has 0 saturated carbocycles. The van der Waals surface area contributed by atoms with Gasteiger partial charge in [-0.1, -0.05) is 11.6 Å². The molecule has 128 valence electrons. The molecule has 3 rings (SSSR count). The lowest BCUT2D eigenvalue weighted by molar-refractivity contribution is 0.103. The number of anilines is 2. The van der Waals surface area contributed by atoms with Crippen molar-refractivity contribution in [1.29, 1.82) is 5.26 Å². The summed E-state index contributed by atoms with van der Waals surface area (Å²) in [5, 5.41) is 9.57. The maximum absolute atomic E-state index is 13.4. The zero-order chi connectivity index (χ0) is 18.7. The van der Waals surface area contributed by atoms with E-state index >= 15 is 0 Å². The van der Waals surface area contributed by atoms with Gasteiger partial charge in [-0.15, -0.1) is 0 Å². The van der Waals surface area contributed by atoms with Crippen LogP contribution in [0.5, 0.6) is 0 Å². The molecule has 0 amide bonds. The standard InChI is InChI=1S/C21H14ClFN2O/c1-25(19-9-5-17(22)6-10-19)18-7-2-14(3-8-18)21(26)15-4-11-20(23)16(12-15)13-24/h2-12H,1H3. The fourth-order valence-corrected chi connectivity index (χ4v) is 2.70. The molecular weight excluding hydrogens is 351 g/mol. The molecule has 0 aliphatic carbocycles. The lowest BCUT2D eigenvalue weighted by Gasteiger charge is -2.19. The fourth-order valence-electron chi connectivity index (χ4n) is 2.57. The maximum Gasteiger partial charge on any atom is 0.193 e. The molecule has 0 unspecified atom stereocenters. The van der Waals surface area contributed by atoms with E-state index in [9.17, 15) is 9.18 Å². The van der Waals surface area contributed by atoms with Crippen molar-refractivity contribution in [2.45, 2.75) is 0 Å². The van der Waals surface area contributed by atoms with Crippen LogP contribution in [0.25, 0.3) is 0 Å². The molecular formula is C21H14ClFN2O. The minimum Gasteiger partial charge on any atom is -0.345 e. The molecule has 0 heterocycles. The topological polar surface area (TPSA) is 44.1 Å². The normalized spacial score (nSPS) is 10.2. The summed E-state index contributed by atoms with van der Waals surface area (Å²) in [6.07, 6.45) is 0. The summed E-state index contributed by atoms with van der Waals surface area (Å²) < 4.78 is 13.4. The van der Waals surface area contributed by atoms with E-state index in [2.05, 4.69) is 0 Å². The van der Waals surface area contributed by atoms with Gasteiger partial charge >= 0.3 is 0 Å². The molecule has 3 aromatic rings. The Morgan fingerprint density at radius 3 is 2.08 bits per heavy atom. The van der Waals surface area contributed by atoms with Crippen molar-refractivity contribution < 1.29 is 9.18 Å². The van der Waals surface area contributed by atoms with Crippen molar-refractivity contribution in [3.63, 3.8) is 0 Å². The van der Waals surface area contributed by atoms with Crippen LogP contribution in [0.4, 0.5) is 15.8 Å². The summed E-state index contributed by atoms with van der Waals surface area (Å²) in [6.45, 7) is 0. The van der Waals surface area contributed by atoms with Crippen molar-refractivity contribution in [2.75, 3.05) is 11.9 Å². The molecule has 0 N–H and O–H groups in total. The Morgan fingerprint density at radius 2 is 1.50 bits per heavy atom. The Balaban J connectivity index is 1.84. The van der Waals surface area contributed by atoms with Crippen LogP contribution in [-0.2, 0) is 0 Å². The third kappa shape index (κ3) is 3.58. The van der Waals surface area contributed by atoms with Crippen LogP contribution in [0.1, 0.15) is 21.5 Å². The van der Waals surface area contributed by atoms with Crippen molar-refractivity contribution in [3.05, 3.63) is 94.3 Å². The van der Waals surface area contributed by atoms with Gasteiger partial charge in [0.2, 0.25) is 0 Å². The highest BCUT2D eigenvalue weighted by atomic mass is 35.5. The summed E-state index contributed by atoms with van der Waals surface area (Å²) in [6, 6.07) is 20.0. The number of hydrogen-bond donors (Lipinski definition) is 0. The van der Waals surface area contributed by atoms with Gasteiger partial charge in [-0.3, -0.25) is 4.79 Å². The van der Waals surface area contributed by atoms with E-state index in [0.717, 1.165) is 17.4 Å². The minimum absolute atomic E-state index is 0.144. The lowest BCUT2D eigenvalue weighted by Crippen LogP contribution is -2.09. The van der Waals surface area contributed by atoms with E-state index < -0.39 is 5.82 Å². The highest BCUT2D eigenvalue weighted by Crippen LogP contribution is 2.25. The molecule has 0 radical (unpaired) electrons. The van der Waals surface area contributed by atoms with Crippen LogP contribution < -0.4 is 4.90 Å². The van der Waals surface area contributed by atoms with E-state index in [-0.39, 0.29) is 16.9 Å². The molecule has 0 fully saturated rings. The van der Waals surface area contributed by atoms with Gasteiger partial charge in [0.1, 0.15) is 11.9 Å². The largest absolute Gasteiger partial charge is 0.345 e. The Kier molecular flexibility index (Phi) is 5.01. The lowest BCUT2D eigenvalue weighted by atomic mass is 10.0.